The highest BCUT2D eigenvalue weighted by atomic mass is 16.1. The normalized spacial score (nSPS) is 19.6. The minimum absolute atomic E-state index is 0.191. The van der Waals surface area contributed by atoms with Gasteiger partial charge in [0.15, 0.2) is 0 Å². The van der Waals surface area contributed by atoms with E-state index in [1.165, 1.54) is 0 Å². The first-order chi connectivity index (χ1) is 6.33. The number of nitrogens with one attached hydrogen (secondary N) is 2. The van der Waals surface area contributed by atoms with Crippen molar-refractivity contribution in [2.45, 2.75) is 12.8 Å². The number of hydrogen-bond donors (Lipinski definition) is 2. The van der Waals surface area contributed by atoms with E-state index < -0.39 is 0 Å². The highest BCUT2D eigenvalue weighted by Gasteiger charge is 2.11. The summed E-state index contributed by atoms with van der Waals surface area (Å²) in [6.45, 7) is 4.86. The minimum Gasteiger partial charge on any atom is -0.355 e. The van der Waals surface area contributed by atoms with Crippen molar-refractivity contribution in [1.82, 2.24) is 15.5 Å². The molecule has 76 valence electrons. The molecule has 0 aromatic carbocycles. The van der Waals surface area contributed by atoms with Gasteiger partial charge in [0, 0.05) is 26.1 Å². The maximum absolute atomic E-state index is 11.0. The first kappa shape index (κ1) is 10.5. The summed E-state index contributed by atoms with van der Waals surface area (Å²) in [6.07, 6.45) is 1.81. The number of carbonyl (C=O) groups is 1. The lowest BCUT2D eigenvalue weighted by Crippen LogP contribution is -2.30. The highest BCUT2D eigenvalue weighted by molar-refractivity contribution is 5.76. The van der Waals surface area contributed by atoms with Crippen LogP contribution in [-0.4, -0.2) is 50.6 Å². The molecule has 0 saturated carbocycles. The molecule has 0 bridgehead atoms. The molecule has 13 heavy (non-hydrogen) atoms. The average molecular weight is 185 g/mol. The summed E-state index contributed by atoms with van der Waals surface area (Å²) in [5.74, 6) is 0.191. The van der Waals surface area contributed by atoms with Crippen LogP contribution >= 0.6 is 0 Å². The van der Waals surface area contributed by atoms with E-state index in [0.29, 0.717) is 6.42 Å². The summed E-state index contributed by atoms with van der Waals surface area (Å²) in [6, 6.07) is 0. The first-order valence-corrected chi connectivity index (χ1v) is 4.96. The molecule has 0 aromatic heterocycles. The van der Waals surface area contributed by atoms with Crippen LogP contribution in [0, 0.1) is 0 Å². The van der Waals surface area contributed by atoms with E-state index in [2.05, 4.69) is 15.5 Å². The number of nitrogens with zero attached hydrogens (tertiary/aromatic N) is 1. The van der Waals surface area contributed by atoms with Crippen molar-refractivity contribution in [2.75, 3.05) is 39.8 Å². The van der Waals surface area contributed by atoms with Crippen LogP contribution in [0.1, 0.15) is 12.8 Å². The zero-order valence-electron chi connectivity index (χ0n) is 8.31. The Labute approximate surface area is 79.7 Å². The molecular formula is C9H19N3O. The van der Waals surface area contributed by atoms with E-state index in [1.807, 2.05) is 7.05 Å². The zero-order chi connectivity index (χ0) is 9.52. The molecule has 1 amide bonds. The summed E-state index contributed by atoms with van der Waals surface area (Å²) < 4.78 is 0. The molecule has 1 heterocycles. The lowest BCUT2D eigenvalue weighted by atomic mass is 10.3. The maximum atomic E-state index is 11.0. The molecule has 1 aliphatic heterocycles. The number of hydrogen-bond acceptors (Lipinski definition) is 3. The van der Waals surface area contributed by atoms with Gasteiger partial charge in [-0.15, -0.1) is 0 Å². The van der Waals surface area contributed by atoms with Gasteiger partial charge >= 0.3 is 0 Å². The summed E-state index contributed by atoms with van der Waals surface area (Å²) in [4.78, 5) is 13.4. The second-order valence-electron chi connectivity index (χ2n) is 3.40. The molecule has 4 nitrogen and oxygen atoms in total. The molecule has 0 aromatic rings. The van der Waals surface area contributed by atoms with Gasteiger partial charge in [-0.25, -0.2) is 0 Å². The van der Waals surface area contributed by atoms with Gasteiger partial charge in [-0.05, 0) is 26.6 Å². The van der Waals surface area contributed by atoms with Gasteiger partial charge < -0.3 is 15.5 Å². The van der Waals surface area contributed by atoms with Crippen LogP contribution in [0.3, 0.4) is 0 Å². The Hall–Kier alpha value is -0.610. The van der Waals surface area contributed by atoms with Gasteiger partial charge in [-0.2, -0.15) is 0 Å². The Morgan fingerprint density at radius 2 is 2.38 bits per heavy atom. The van der Waals surface area contributed by atoms with Crippen molar-refractivity contribution in [3.63, 3.8) is 0 Å². The Morgan fingerprint density at radius 3 is 3.15 bits per heavy atom. The van der Waals surface area contributed by atoms with E-state index >= 15 is 0 Å². The molecule has 0 atom stereocenters. The molecule has 0 unspecified atom stereocenters. The highest BCUT2D eigenvalue weighted by Crippen LogP contribution is 1.96. The summed E-state index contributed by atoms with van der Waals surface area (Å²) in [7, 11) is 1.97. The van der Waals surface area contributed by atoms with Crippen LogP contribution in [0.15, 0.2) is 0 Å². The smallest absolute Gasteiger partial charge is 0.221 e. The van der Waals surface area contributed by atoms with Crippen molar-refractivity contribution >= 4 is 5.91 Å². The fourth-order valence-corrected chi connectivity index (χ4v) is 1.52. The van der Waals surface area contributed by atoms with Gasteiger partial charge in [-0.3, -0.25) is 4.79 Å². The molecule has 2 N–H and O–H groups in total. The monoisotopic (exact) mass is 185 g/mol. The van der Waals surface area contributed by atoms with Crippen molar-refractivity contribution < 1.29 is 4.79 Å². The molecule has 1 saturated heterocycles. The predicted octanol–water partition coefficient (Wildman–Crippen LogP) is -0.582. The molecule has 1 fully saturated rings. The van der Waals surface area contributed by atoms with E-state index in [4.69, 9.17) is 0 Å². The molecule has 4 heteroatoms. The lowest BCUT2D eigenvalue weighted by molar-refractivity contribution is -0.120. The van der Waals surface area contributed by atoms with Crippen molar-refractivity contribution in [3.8, 4) is 0 Å². The quantitative estimate of drug-likeness (QED) is 0.576. The van der Waals surface area contributed by atoms with Crippen LogP contribution in [0.2, 0.25) is 0 Å². The average Bonchev–Trinajstić information content (AvgIpc) is 2.32. The van der Waals surface area contributed by atoms with Gasteiger partial charge in [0.2, 0.25) is 5.91 Å². The summed E-state index contributed by atoms with van der Waals surface area (Å²) >= 11 is 0. The molecular weight excluding hydrogens is 166 g/mol. The first-order valence-electron chi connectivity index (χ1n) is 4.96. The Kier molecular flexibility index (Phi) is 4.78. The van der Waals surface area contributed by atoms with Crippen LogP contribution in [0.5, 0.6) is 0 Å². The zero-order valence-corrected chi connectivity index (χ0v) is 8.31. The van der Waals surface area contributed by atoms with Gasteiger partial charge in [0.1, 0.15) is 0 Å². The van der Waals surface area contributed by atoms with Crippen LogP contribution in [0.25, 0.3) is 0 Å². The van der Waals surface area contributed by atoms with Crippen LogP contribution < -0.4 is 10.6 Å². The Bertz CT molecular complexity index is 161. The third-order valence-electron chi connectivity index (χ3n) is 2.31. The third-order valence-corrected chi connectivity index (χ3v) is 2.31. The second-order valence-corrected chi connectivity index (χ2v) is 3.40. The minimum atomic E-state index is 0.191. The van der Waals surface area contributed by atoms with Gasteiger partial charge in [-0.1, -0.05) is 0 Å². The van der Waals surface area contributed by atoms with Gasteiger partial charge in [0.05, 0.1) is 0 Å². The largest absolute Gasteiger partial charge is 0.355 e. The summed E-state index contributed by atoms with van der Waals surface area (Å²) in [5, 5.41) is 5.99. The lowest BCUT2D eigenvalue weighted by Gasteiger charge is -2.18. The van der Waals surface area contributed by atoms with Crippen LogP contribution in [0.4, 0.5) is 0 Å². The van der Waals surface area contributed by atoms with Gasteiger partial charge in [0.25, 0.3) is 0 Å². The number of carbonyl (C=O) groups excluding carboxylic acids is 1. The fourth-order valence-electron chi connectivity index (χ4n) is 1.52. The topological polar surface area (TPSA) is 44.4 Å². The van der Waals surface area contributed by atoms with Crippen molar-refractivity contribution in [1.29, 1.82) is 0 Å². The number of amides is 1. The van der Waals surface area contributed by atoms with Crippen molar-refractivity contribution in [3.05, 3.63) is 0 Å². The Balaban J connectivity index is 2.14. The fraction of sp³-hybridized carbons (Fsp3) is 0.889. The molecule has 1 aliphatic rings. The Morgan fingerprint density at radius 1 is 1.54 bits per heavy atom. The maximum Gasteiger partial charge on any atom is 0.221 e. The molecule has 0 spiro atoms. The van der Waals surface area contributed by atoms with E-state index in [0.717, 1.165) is 39.1 Å². The second kappa shape index (κ2) is 5.94. The number of rotatable bonds is 4. The van der Waals surface area contributed by atoms with E-state index in [-0.39, 0.29) is 5.91 Å². The van der Waals surface area contributed by atoms with Crippen molar-refractivity contribution in [2.24, 2.45) is 0 Å². The van der Waals surface area contributed by atoms with E-state index in [9.17, 15) is 4.79 Å². The molecule has 0 aliphatic carbocycles. The van der Waals surface area contributed by atoms with E-state index in [1.54, 1.807) is 0 Å². The third kappa shape index (κ3) is 4.24. The SMILES string of the molecule is CNCCCN1CCNC(=O)CC1. The molecule has 1 rings (SSSR count). The predicted molar refractivity (Wildman–Crippen MR) is 52.6 cm³/mol. The molecule has 0 radical (unpaired) electrons. The standard InChI is InChI=1S/C9H19N3O/c1-10-4-2-6-12-7-3-9(13)11-5-8-12/h10H,2-8H2,1H3,(H,11,13). The summed E-state index contributed by atoms with van der Waals surface area (Å²) in [5.41, 5.74) is 0. The van der Waals surface area contributed by atoms with Crippen LogP contribution in [-0.2, 0) is 4.79 Å².